The molecular formula is C23H19ClF4N4O5. The van der Waals surface area contributed by atoms with Crippen LogP contribution in [-0.4, -0.2) is 46.1 Å². The quantitative estimate of drug-likeness (QED) is 0.395. The molecule has 1 fully saturated rings. The first-order valence-corrected chi connectivity index (χ1v) is 11.2. The lowest BCUT2D eigenvalue weighted by molar-refractivity contribution is -0.173. The standard InChI is InChI=1S/C18H13ClFN3O4.C5H6F3NO/c1-8-21-17(23-27-8)16-12(5-10(19)6-13(16)20)9-2-3-11-14(22-18(24)25)7-26-15(11)4-9;6-5(7,8)4(10)9-3-1-2-3/h2-6,14,22H,7H2,1H3,(H,24,25);3H,1-2H2,(H,9,10). The Balaban J connectivity index is 0.000000270. The lowest BCUT2D eigenvalue weighted by Gasteiger charge is -2.11. The number of carbonyl (C=O) groups excluding carboxylic acids is 1. The van der Waals surface area contributed by atoms with Gasteiger partial charge in [-0.1, -0.05) is 28.9 Å². The number of ether oxygens (including phenoxy) is 1. The second-order valence-electron chi connectivity index (χ2n) is 8.26. The molecule has 1 atom stereocenters. The van der Waals surface area contributed by atoms with Gasteiger partial charge in [0.05, 0.1) is 11.6 Å². The molecule has 2 aromatic carbocycles. The first-order chi connectivity index (χ1) is 17.4. The Bertz CT molecular complexity index is 1340. The van der Waals surface area contributed by atoms with E-state index in [9.17, 15) is 27.2 Å². The summed E-state index contributed by atoms with van der Waals surface area (Å²) in [5.41, 5.74) is 1.97. The molecule has 2 heterocycles. The predicted molar refractivity (Wildman–Crippen MR) is 121 cm³/mol. The summed E-state index contributed by atoms with van der Waals surface area (Å²) in [6.45, 7) is 1.80. The van der Waals surface area contributed by atoms with Gasteiger partial charge in [-0.15, -0.1) is 0 Å². The smallest absolute Gasteiger partial charge is 0.471 e. The number of amides is 2. The number of carboxylic acid groups (broad SMARTS) is 1. The first kappa shape index (κ1) is 26.2. The molecule has 2 aliphatic rings. The van der Waals surface area contributed by atoms with E-state index in [1.807, 2.05) is 5.32 Å². The maximum absolute atomic E-state index is 14.7. The lowest BCUT2D eigenvalue weighted by atomic mass is 9.96. The number of rotatable bonds is 4. The number of nitrogens with zero attached hydrogens (tertiary/aromatic N) is 2. The Labute approximate surface area is 211 Å². The largest absolute Gasteiger partial charge is 0.491 e. The molecule has 3 aromatic rings. The van der Waals surface area contributed by atoms with E-state index in [1.165, 1.54) is 6.07 Å². The molecule has 2 amide bonds. The molecule has 0 bridgehead atoms. The number of carbonyl (C=O) groups is 2. The van der Waals surface area contributed by atoms with Crippen LogP contribution in [0.4, 0.5) is 22.4 Å². The molecule has 5 rings (SSSR count). The number of alkyl halides is 3. The number of aromatic nitrogens is 2. The fourth-order valence-electron chi connectivity index (χ4n) is 3.57. The molecule has 196 valence electrons. The third-order valence-electron chi connectivity index (χ3n) is 5.38. The van der Waals surface area contributed by atoms with Crippen LogP contribution in [0.3, 0.4) is 0 Å². The van der Waals surface area contributed by atoms with E-state index < -0.39 is 30.0 Å². The molecule has 3 N–H and O–H groups in total. The van der Waals surface area contributed by atoms with Gasteiger partial charge in [0.2, 0.25) is 11.7 Å². The van der Waals surface area contributed by atoms with Gasteiger partial charge in [0, 0.05) is 23.6 Å². The van der Waals surface area contributed by atoms with Crippen molar-refractivity contribution in [2.45, 2.75) is 38.0 Å². The fraction of sp³-hybridized carbons (Fsp3) is 0.304. The lowest BCUT2D eigenvalue weighted by Crippen LogP contribution is -2.37. The van der Waals surface area contributed by atoms with Gasteiger partial charge in [0.25, 0.3) is 0 Å². The van der Waals surface area contributed by atoms with Crippen LogP contribution < -0.4 is 15.4 Å². The Morgan fingerprint density at radius 2 is 1.89 bits per heavy atom. The summed E-state index contributed by atoms with van der Waals surface area (Å²) >= 11 is 6.05. The zero-order valence-corrected chi connectivity index (χ0v) is 19.8. The fourth-order valence-corrected chi connectivity index (χ4v) is 3.78. The maximum atomic E-state index is 14.7. The van der Waals surface area contributed by atoms with Crippen LogP contribution in [0.2, 0.25) is 5.02 Å². The van der Waals surface area contributed by atoms with Gasteiger partial charge < -0.3 is 25.0 Å². The summed E-state index contributed by atoms with van der Waals surface area (Å²) in [6, 6.07) is 7.29. The maximum Gasteiger partial charge on any atom is 0.471 e. The summed E-state index contributed by atoms with van der Waals surface area (Å²) in [5, 5.41) is 17.2. The molecule has 9 nitrogen and oxygen atoms in total. The summed E-state index contributed by atoms with van der Waals surface area (Å²) in [7, 11) is 0. The Kier molecular flexibility index (Phi) is 7.25. The van der Waals surface area contributed by atoms with Gasteiger partial charge in [-0.25, -0.2) is 9.18 Å². The molecule has 1 aliphatic heterocycles. The van der Waals surface area contributed by atoms with Crippen molar-refractivity contribution in [1.29, 1.82) is 0 Å². The highest BCUT2D eigenvalue weighted by Crippen LogP contribution is 2.40. The van der Waals surface area contributed by atoms with Gasteiger partial charge in [-0.2, -0.15) is 18.2 Å². The molecule has 0 spiro atoms. The van der Waals surface area contributed by atoms with Crippen LogP contribution in [0.5, 0.6) is 5.75 Å². The molecule has 37 heavy (non-hydrogen) atoms. The van der Waals surface area contributed by atoms with Gasteiger partial charge in [0.15, 0.2) is 0 Å². The molecule has 1 aromatic heterocycles. The van der Waals surface area contributed by atoms with E-state index in [-0.39, 0.29) is 29.1 Å². The van der Waals surface area contributed by atoms with Crippen molar-refractivity contribution in [1.82, 2.24) is 20.8 Å². The Morgan fingerprint density at radius 3 is 2.49 bits per heavy atom. The number of hydrogen-bond donors (Lipinski definition) is 3. The molecule has 0 radical (unpaired) electrons. The number of fused-ring (bicyclic) bond motifs is 1. The van der Waals surface area contributed by atoms with Crippen molar-refractivity contribution in [2.24, 2.45) is 0 Å². The molecule has 0 saturated heterocycles. The van der Waals surface area contributed by atoms with Gasteiger partial charge >= 0.3 is 18.2 Å². The number of aryl methyl sites for hydroxylation is 1. The summed E-state index contributed by atoms with van der Waals surface area (Å²) < 4.78 is 59.5. The average Bonchev–Trinajstić information content (AvgIpc) is 3.39. The van der Waals surface area contributed by atoms with E-state index in [2.05, 4.69) is 15.5 Å². The highest BCUT2D eigenvalue weighted by Gasteiger charge is 2.41. The van der Waals surface area contributed by atoms with E-state index in [4.69, 9.17) is 26.0 Å². The van der Waals surface area contributed by atoms with Crippen LogP contribution in [0, 0.1) is 12.7 Å². The third-order valence-corrected chi connectivity index (χ3v) is 5.60. The minimum atomic E-state index is -4.72. The van der Waals surface area contributed by atoms with Gasteiger partial charge in [0.1, 0.15) is 18.2 Å². The van der Waals surface area contributed by atoms with E-state index in [0.717, 1.165) is 0 Å². The topological polar surface area (TPSA) is 127 Å². The summed E-state index contributed by atoms with van der Waals surface area (Å²) in [4.78, 5) is 25.1. The summed E-state index contributed by atoms with van der Waals surface area (Å²) in [6.07, 6.45) is -4.51. The number of halogens is 5. The summed E-state index contributed by atoms with van der Waals surface area (Å²) in [5.74, 6) is -1.46. The molecule has 1 unspecified atom stereocenters. The van der Waals surface area contributed by atoms with Crippen molar-refractivity contribution in [3.8, 4) is 28.3 Å². The first-order valence-electron chi connectivity index (χ1n) is 10.9. The number of nitrogens with one attached hydrogen (secondary N) is 2. The third kappa shape index (κ3) is 6.28. The Hall–Kier alpha value is -3.87. The van der Waals surface area contributed by atoms with E-state index >= 15 is 0 Å². The minimum absolute atomic E-state index is 0.114. The van der Waals surface area contributed by atoms with E-state index in [1.54, 1.807) is 31.2 Å². The van der Waals surface area contributed by atoms with Crippen LogP contribution in [0.1, 0.15) is 30.3 Å². The van der Waals surface area contributed by atoms with Crippen molar-refractivity contribution in [3.05, 3.63) is 52.6 Å². The average molecular weight is 543 g/mol. The van der Waals surface area contributed by atoms with Crippen LogP contribution in [0.15, 0.2) is 34.9 Å². The van der Waals surface area contributed by atoms with Crippen LogP contribution in [0.25, 0.3) is 22.5 Å². The highest BCUT2D eigenvalue weighted by molar-refractivity contribution is 6.31. The minimum Gasteiger partial charge on any atom is -0.491 e. The zero-order chi connectivity index (χ0) is 26.9. The molecule has 1 aliphatic carbocycles. The monoisotopic (exact) mass is 542 g/mol. The van der Waals surface area contributed by atoms with Crippen LogP contribution >= 0.6 is 11.6 Å². The molecule has 14 heteroatoms. The number of hydrogen-bond acceptors (Lipinski definition) is 6. The second kappa shape index (κ2) is 10.2. The van der Waals surface area contributed by atoms with Crippen molar-refractivity contribution < 1.29 is 41.5 Å². The SMILES string of the molecule is Cc1nc(-c2c(F)cc(Cl)cc2-c2ccc3c(c2)OCC3NC(=O)O)no1.O=C(NC1CC1)C(F)(F)F. The molecular weight excluding hydrogens is 524 g/mol. The van der Waals surface area contributed by atoms with Gasteiger partial charge in [-0.05, 0) is 42.2 Å². The Morgan fingerprint density at radius 1 is 1.16 bits per heavy atom. The second-order valence-corrected chi connectivity index (χ2v) is 8.69. The van der Waals surface area contributed by atoms with Crippen molar-refractivity contribution >= 4 is 23.6 Å². The predicted octanol–water partition coefficient (Wildman–Crippen LogP) is 5.03. The highest BCUT2D eigenvalue weighted by atomic mass is 35.5. The molecule has 1 saturated carbocycles. The zero-order valence-electron chi connectivity index (χ0n) is 19.0. The van der Waals surface area contributed by atoms with Crippen molar-refractivity contribution in [3.63, 3.8) is 0 Å². The van der Waals surface area contributed by atoms with Crippen molar-refractivity contribution in [2.75, 3.05) is 6.61 Å². The number of benzene rings is 2. The van der Waals surface area contributed by atoms with Gasteiger partial charge in [-0.3, -0.25) is 4.79 Å². The van der Waals surface area contributed by atoms with Crippen LogP contribution in [-0.2, 0) is 4.79 Å². The van der Waals surface area contributed by atoms with E-state index in [0.29, 0.717) is 41.2 Å². The normalized spacial score (nSPS) is 16.2.